The minimum atomic E-state index is 0.107. The van der Waals surface area contributed by atoms with Gasteiger partial charge in [0.05, 0.1) is 12.3 Å². The Morgan fingerprint density at radius 2 is 1.90 bits per heavy atom. The topological polar surface area (TPSA) is 29.5 Å². The molecule has 0 aliphatic heterocycles. The van der Waals surface area contributed by atoms with Crippen LogP contribution in [0.3, 0.4) is 0 Å². The molecule has 0 radical (unpaired) electrons. The number of halogens is 1. The van der Waals surface area contributed by atoms with E-state index in [1.165, 1.54) is 0 Å². The monoisotopic (exact) mass is 315 g/mol. The molecule has 0 saturated carbocycles. The molecular formula is C15H22ClNO2S. The number of nitrogens with zero attached hydrogens (tertiary/aromatic N) is 1. The van der Waals surface area contributed by atoms with Gasteiger partial charge in [-0.05, 0) is 24.3 Å². The van der Waals surface area contributed by atoms with E-state index < -0.39 is 0 Å². The molecule has 3 nitrogen and oxygen atoms in total. The molecule has 1 amide bonds. The predicted octanol–water partition coefficient (Wildman–Crippen LogP) is 3.71. The van der Waals surface area contributed by atoms with Crippen molar-refractivity contribution in [3.63, 3.8) is 0 Å². The zero-order chi connectivity index (χ0) is 15.2. The van der Waals surface area contributed by atoms with E-state index >= 15 is 0 Å². The van der Waals surface area contributed by atoms with Crippen molar-refractivity contribution in [2.75, 3.05) is 26.0 Å². The summed E-state index contributed by atoms with van der Waals surface area (Å²) in [6.07, 6.45) is 0. The van der Waals surface area contributed by atoms with Crippen molar-refractivity contribution in [2.45, 2.75) is 25.5 Å². The van der Waals surface area contributed by atoms with Crippen molar-refractivity contribution in [2.24, 2.45) is 0 Å². The van der Waals surface area contributed by atoms with E-state index in [0.29, 0.717) is 23.9 Å². The summed E-state index contributed by atoms with van der Waals surface area (Å²) in [4.78, 5) is 13.6. The fraction of sp³-hybridized carbons (Fsp3) is 0.533. The van der Waals surface area contributed by atoms with E-state index in [9.17, 15) is 4.79 Å². The number of amides is 1. The molecule has 1 aromatic carbocycles. The molecule has 0 bridgehead atoms. The maximum absolute atomic E-state index is 11.9. The zero-order valence-electron chi connectivity index (χ0n) is 12.5. The summed E-state index contributed by atoms with van der Waals surface area (Å²) in [6, 6.07) is 7.21. The summed E-state index contributed by atoms with van der Waals surface area (Å²) in [6.45, 7) is 7.37. The number of likely N-dealkylation sites (N-methyl/N-ethyl adjacent to an activating group) is 1. The van der Waals surface area contributed by atoms with Crippen molar-refractivity contribution in [1.29, 1.82) is 0 Å². The number of thioether (sulfide) groups is 1. The fourth-order valence-corrected chi connectivity index (χ4v) is 2.25. The van der Waals surface area contributed by atoms with E-state index in [4.69, 9.17) is 16.3 Å². The summed E-state index contributed by atoms with van der Waals surface area (Å²) < 4.78 is 5.68. The number of rotatable bonds is 6. The van der Waals surface area contributed by atoms with Gasteiger partial charge in [-0.15, -0.1) is 11.8 Å². The number of hydrogen-bond acceptors (Lipinski definition) is 3. The van der Waals surface area contributed by atoms with Gasteiger partial charge in [-0.2, -0.15) is 0 Å². The van der Waals surface area contributed by atoms with E-state index in [1.807, 2.05) is 12.1 Å². The second kappa shape index (κ2) is 7.79. The number of hydrogen-bond donors (Lipinski definition) is 0. The molecule has 5 heteroatoms. The van der Waals surface area contributed by atoms with Crippen LogP contribution in [0.1, 0.15) is 20.8 Å². The summed E-state index contributed by atoms with van der Waals surface area (Å²) >= 11 is 7.45. The van der Waals surface area contributed by atoms with Crippen LogP contribution in [0.2, 0.25) is 5.02 Å². The Bertz CT molecular complexity index is 428. The highest BCUT2D eigenvalue weighted by molar-refractivity contribution is 8.01. The maximum Gasteiger partial charge on any atom is 0.232 e. The second-order valence-electron chi connectivity index (χ2n) is 5.52. The van der Waals surface area contributed by atoms with Gasteiger partial charge in [0.15, 0.2) is 0 Å². The van der Waals surface area contributed by atoms with Crippen molar-refractivity contribution < 1.29 is 9.53 Å². The lowest BCUT2D eigenvalue weighted by Crippen LogP contribution is -2.33. The average Bonchev–Trinajstić information content (AvgIpc) is 2.37. The zero-order valence-corrected chi connectivity index (χ0v) is 14.1. The number of benzene rings is 1. The van der Waals surface area contributed by atoms with Gasteiger partial charge in [0.2, 0.25) is 5.91 Å². The van der Waals surface area contributed by atoms with Gasteiger partial charge in [-0.3, -0.25) is 4.79 Å². The summed E-state index contributed by atoms with van der Waals surface area (Å²) in [5.41, 5.74) is 0. The minimum Gasteiger partial charge on any atom is -0.492 e. The maximum atomic E-state index is 11.9. The molecule has 0 aromatic heterocycles. The average molecular weight is 316 g/mol. The Morgan fingerprint density at radius 1 is 1.30 bits per heavy atom. The lowest BCUT2D eigenvalue weighted by molar-refractivity contribution is -0.127. The van der Waals surface area contributed by atoms with Crippen LogP contribution in [0.5, 0.6) is 5.75 Å². The molecule has 20 heavy (non-hydrogen) atoms. The summed E-state index contributed by atoms with van der Waals surface area (Å²) in [5, 5.41) is 0.684. The minimum absolute atomic E-state index is 0.107. The predicted molar refractivity (Wildman–Crippen MR) is 86.8 cm³/mol. The summed E-state index contributed by atoms with van der Waals surface area (Å²) in [7, 11) is 1.80. The van der Waals surface area contributed by atoms with Gasteiger partial charge >= 0.3 is 0 Å². The Morgan fingerprint density at radius 3 is 2.45 bits per heavy atom. The van der Waals surface area contributed by atoms with Gasteiger partial charge in [-0.1, -0.05) is 32.4 Å². The van der Waals surface area contributed by atoms with Crippen LogP contribution in [0.4, 0.5) is 0 Å². The van der Waals surface area contributed by atoms with Crippen LogP contribution >= 0.6 is 23.4 Å². The summed E-state index contributed by atoms with van der Waals surface area (Å²) in [5.74, 6) is 1.39. The normalized spacial score (nSPS) is 11.2. The highest BCUT2D eigenvalue weighted by atomic mass is 35.5. The third kappa shape index (κ3) is 7.06. The molecule has 0 atom stereocenters. The first-order valence-electron chi connectivity index (χ1n) is 6.54. The molecule has 0 saturated heterocycles. The highest BCUT2D eigenvalue weighted by Gasteiger charge is 2.15. The molecule has 1 aromatic rings. The number of carbonyl (C=O) groups is 1. The fourth-order valence-electron chi connectivity index (χ4n) is 1.34. The van der Waals surface area contributed by atoms with Gasteiger partial charge in [-0.25, -0.2) is 0 Å². The highest BCUT2D eigenvalue weighted by Crippen LogP contribution is 2.23. The molecule has 0 unspecified atom stereocenters. The molecule has 0 N–H and O–H groups in total. The van der Waals surface area contributed by atoms with Crippen molar-refractivity contribution >= 4 is 29.3 Å². The van der Waals surface area contributed by atoms with E-state index in [2.05, 4.69) is 20.8 Å². The first-order valence-corrected chi connectivity index (χ1v) is 7.90. The van der Waals surface area contributed by atoms with Crippen LogP contribution in [0.25, 0.3) is 0 Å². The number of ether oxygens (including phenoxy) is 1. The van der Waals surface area contributed by atoms with Crippen molar-refractivity contribution in [1.82, 2.24) is 4.90 Å². The van der Waals surface area contributed by atoms with Gasteiger partial charge in [0.1, 0.15) is 12.4 Å². The molecule has 0 fully saturated rings. The Labute approximate surface area is 130 Å². The SMILES string of the molecule is CN(CCOc1ccc(Cl)cc1)C(=O)CSC(C)(C)C. The molecular weight excluding hydrogens is 294 g/mol. The molecule has 0 aliphatic carbocycles. The smallest absolute Gasteiger partial charge is 0.232 e. The van der Waals surface area contributed by atoms with Gasteiger partial charge in [0, 0.05) is 16.8 Å². The third-order valence-corrected chi connectivity index (χ3v) is 4.07. The van der Waals surface area contributed by atoms with E-state index in [1.54, 1.807) is 35.8 Å². The van der Waals surface area contributed by atoms with Crippen molar-refractivity contribution in [3.8, 4) is 5.75 Å². The van der Waals surface area contributed by atoms with Crippen molar-refractivity contribution in [3.05, 3.63) is 29.3 Å². The van der Waals surface area contributed by atoms with E-state index in [0.717, 1.165) is 5.75 Å². The standard InChI is InChI=1S/C15H22ClNO2S/c1-15(2,3)20-11-14(18)17(4)9-10-19-13-7-5-12(16)6-8-13/h5-8H,9-11H2,1-4H3. The Hall–Kier alpha value is -0.870. The van der Waals surface area contributed by atoms with Crippen LogP contribution < -0.4 is 4.74 Å². The lowest BCUT2D eigenvalue weighted by Gasteiger charge is -2.21. The molecule has 0 spiro atoms. The van der Waals surface area contributed by atoms with Crippen LogP contribution in [-0.2, 0) is 4.79 Å². The van der Waals surface area contributed by atoms with Crippen LogP contribution in [0, 0.1) is 0 Å². The van der Waals surface area contributed by atoms with Crippen LogP contribution in [0.15, 0.2) is 24.3 Å². The van der Waals surface area contributed by atoms with Gasteiger partial charge < -0.3 is 9.64 Å². The first-order chi connectivity index (χ1) is 9.28. The molecule has 0 aliphatic rings. The largest absolute Gasteiger partial charge is 0.492 e. The number of carbonyl (C=O) groups excluding carboxylic acids is 1. The Balaban J connectivity index is 2.27. The third-order valence-electron chi connectivity index (χ3n) is 2.56. The first kappa shape index (κ1) is 17.2. The Kier molecular flexibility index (Phi) is 6.69. The van der Waals surface area contributed by atoms with E-state index in [-0.39, 0.29) is 10.7 Å². The molecule has 112 valence electrons. The second-order valence-corrected chi connectivity index (χ2v) is 7.76. The van der Waals surface area contributed by atoms with Crippen LogP contribution in [-0.4, -0.2) is 41.5 Å². The van der Waals surface area contributed by atoms with Gasteiger partial charge in [0.25, 0.3) is 0 Å². The quantitative estimate of drug-likeness (QED) is 0.801. The molecule has 1 rings (SSSR count). The lowest BCUT2D eigenvalue weighted by atomic mass is 10.3. The molecule has 0 heterocycles.